The Morgan fingerprint density at radius 2 is 1.79 bits per heavy atom. The lowest BCUT2D eigenvalue weighted by molar-refractivity contribution is 0.612. The quantitative estimate of drug-likeness (QED) is 0.646. The topological polar surface area (TPSA) is 0 Å². The van der Waals surface area contributed by atoms with Crippen molar-refractivity contribution in [2.75, 3.05) is 0 Å². The Balaban J connectivity index is 2.25. The van der Waals surface area contributed by atoms with Gasteiger partial charge in [-0.25, -0.2) is 4.39 Å². The molecule has 0 aliphatic rings. The van der Waals surface area contributed by atoms with Crippen molar-refractivity contribution in [3.05, 3.63) is 70.5 Å². The van der Waals surface area contributed by atoms with E-state index in [0.29, 0.717) is 5.56 Å². The standard InChI is InChI=1S/C17H18BrF/c1-3-4-13-6-8-14(9-7-13)17(18)15-10-5-12(2)11-16(15)19/h5-11,17H,3-4H2,1-2H3. The van der Waals surface area contributed by atoms with E-state index >= 15 is 0 Å². The number of halogens is 2. The van der Waals surface area contributed by atoms with Crippen LogP contribution in [0.3, 0.4) is 0 Å². The van der Waals surface area contributed by atoms with Crippen molar-refractivity contribution >= 4 is 15.9 Å². The highest BCUT2D eigenvalue weighted by molar-refractivity contribution is 9.09. The lowest BCUT2D eigenvalue weighted by Crippen LogP contribution is -1.97. The SMILES string of the molecule is CCCc1ccc(C(Br)c2ccc(C)cc2F)cc1. The third kappa shape index (κ3) is 3.44. The first-order chi connectivity index (χ1) is 9.11. The molecule has 0 N–H and O–H groups in total. The van der Waals surface area contributed by atoms with Gasteiger partial charge >= 0.3 is 0 Å². The molecule has 0 fully saturated rings. The first kappa shape index (κ1) is 14.3. The van der Waals surface area contributed by atoms with Crippen molar-refractivity contribution < 1.29 is 4.39 Å². The van der Waals surface area contributed by atoms with Gasteiger partial charge in [0.05, 0.1) is 4.83 Å². The van der Waals surface area contributed by atoms with Gasteiger partial charge in [0.25, 0.3) is 0 Å². The van der Waals surface area contributed by atoms with Crippen LogP contribution in [0.2, 0.25) is 0 Å². The summed E-state index contributed by atoms with van der Waals surface area (Å²) in [6, 6.07) is 13.8. The number of hydrogen-bond acceptors (Lipinski definition) is 0. The van der Waals surface area contributed by atoms with E-state index in [4.69, 9.17) is 0 Å². The first-order valence-corrected chi connectivity index (χ1v) is 7.52. The van der Waals surface area contributed by atoms with Crippen LogP contribution in [0.4, 0.5) is 4.39 Å². The Kier molecular flexibility index (Phi) is 4.76. The zero-order chi connectivity index (χ0) is 13.8. The molecule has 1 unspecified atom stereocenters. The Morgan fingerprint density at radius 3 is 2.37 bits per heavy atom. The first-order valence-electron chi connectivity index (χ1n) is 6.60. The monoisotopic (exact) mass is 320 g/mol. The molecule has 100 valence electrons. The van der Waals surface area contributed by atoms with Crippen LogP contribution in [0.1, 0.15) is 40.4 Å². The van der Waals surface area contributed by atoms with Gasteiger partial charge in [0.2, 0.25) is 0 Å². The number of alkyl halides is 1. The van der Waals surface area contributed by atoms with Gasteiger partial charge in [-0.3, -0.25) is 0 Å². The van der Waals surface area contributed by atoms with Crippen LogP contribution in [0.15, 0.2) is 42.5 Å². The molecule has 0 bridgehead atoms. The minimum absolute atomic E-state index is 0.0937. The molecule has 2 aromatic rings. The fourth-order valence-corrected chi connectivity index (χ4v) is 2.84. The van der Waals surface area contributed by atoms with E-state index in [1.165, 1.54) is 5.56 Å². The number of aryl methyl sites for hydroxylation is 2. The average Bonchev–Trinajstić information content (AvgIpc) is 2.39. The molecular weight excluding hydrogens is 303 g/mol. The van der Waals surface area contributed by atoms with E-state index in [1.54, 1.807) is 6.07 Å². The molecule has 0 heterocycles. The van der Waals surface area contributed by atoms with Gasteiger partial charge in [-0.1, -0.05) is 65.7 Å². The average molecular weight is 321 g/mol. The van der Waals surface area contributed by atoms with Crippen LogP contribution in [-0.4, -0.2) is 0 Å². The van der Waals surface area contributed by atoms with Gasteiger partial charge in [-0.2, -0.15) is 0 Å². The molecule has 2 heteroatoms. The smallest absolute Gasteiger partial charge is 0.128 e. The van der Waals surface area contributed by atoms with E-state index in [-0.39, 0.29) is 10.6 Å². The maximum Gasteiger partial charge on any atom is 0.128 e. The van der Waals surface area contributed by atoms with Crippen LogP contribution in [0.25, 0.3) is 0 Å². The van der Waals surface area contributed by atoms with Crippen LogP contribution in [-0.2, 0) is 6.42 Å². The van der Waals surface area contributed by atoms with Crippen LogP contribution >= 0.6 is 15.9 Å². The third-order valence-corrected chi connectivity index (χ3v) is 4.26. The molecule has 0 spiro atoms. The molecule has 0 saturated heterocycles. The fraction of sp³-hybridized carbons (Fsp3) is 0.294. The molecule has 0 aliphatic carbocycles. The number of benzene rings is 2. The summed E-state index contributed by atoms with van der Waals surface area (Å²) in [4.78, 5) is -0.0937. The van der Waals surface area contributed by atoms with E-state index in [0.717, 1.165) is 24.0 Å². The predicted octanol–water partition coefficient (Wildman–Crippen LogP) is 5.57. The lowest BCUT2D eigenvalue weighted by atomic mass is 10.0. The van der Waals surface area contributed by atoms with Crippen molar-refractivity contribution in [2.45, 2.75) is 31.5 Å². The largest absolute Gasteiger partial charge is 0.207 e. The maximum absolute atomic E-state index is 14.0. The van der Waals surface area contributed by atoms with Crippen molar-refractivity contribution in [2.24, 2.45) is 0 Å². The molecular formula is C17H18BrF. The highest BCUT2D eigenvalue weighted by atomic mass is 79.9. The van der Waals surface area contributed by atoms with Gasteiger partial charge in [-0.15, -0.1) is 0 Å². The highest BCUT2D eigenvalue weighted by Gasteiger charge is 2.14. The molecule has 0 aromatic heterocycles. The van der Waals surface area contributed by atoms with Crippen molar-refractivity contribution in [3.8, 4) is 0 Å². The third-order valence-electron chi connectivity index (χ3n) is 3.24. The second-order valence-electron chi connectivity index (χ2n) is 4.88. The van der Waals surface area contributed by atoms with E-state index in [9.17, 15) is 4.39 Å². The van der Waals surface area contributed by atoms with Crippen LogP contribution in [0, 0.1) is 12.7 Å². The summed E-state index contributed by atoms with van der Waals surface area (Å²) in [5, 5.41) is 0. The minimum atomic E-state index is -0.153. The summed E-state index contributed by atoms with van der Waals surface area (Å²) in [7, 11) is 0. The molecule has 1 atom stereocenters. The zero-order valence-electron chi connectivity index (χ0n) is 11.3. The summed E-state index contributed by atoms with van der Waals surface area (Å²) in [6.07, 6.45) is 2.23. The van der Waals surface area contributed by atoms with Gasteiger partial charge < -0.3 is 0 Å². The van der Waals surface area contributed by atoms with E-state index in [2.05, 4.69) is 47.1 Å². The molecule has 0 saturated carbocycles. The van der Waals surface area contributed by atoms with Gasteiger partial charge in [0.1, 0.15) is 5.82 Å². The lowest BCUT2D eigenvalue weighted by Gasteiger charge is -2.13. The van der Waals surface area contributed by atoms with Crippen LogP contribution in [0.5, 0.6) is 0 Å². The van der Waals surface area contributed by atoms with Crippen molar-refractivity contribution in [1.82, 2.24) is 0 Å². The van der Waals surface area contributed by atoms with Crippen LogP contribution < -0.4 is 0 Å². The molecule has 0 radical (unpaired) electrons. The fourth-order valence-electron chi connectivity index (χ4n) is 2.16. The second kappa shape index (κ2) is 6.33. The number of rotatable bonds is 4. The van der Waals surface area contributed by atoms with Gasteiger partial charge in [-0.05, 0) is 36.1 Å². The van der Waals surface area contributed by atoms with Gasteiger partial charge in [0, 0.05) is 5.56 Å². The predicted molar refractivity (Wildman–Crippen MR) is 82.3 cm³/mol. The summed E-state index contributed by atoms with van der Waals surface area (Å²) < 4.78 is 14.0. The van der Waals surface area contributed by atoms with Crippen molar-refractivity contribution in [1.29, 1.82) is 0 Å². The van der Waals surface area contributed by atoms with E-state index < -0.39 is 0 Å². The summed E-state index contributed by atoms with van der Waals surface area (Å²) in [5.41, 5.74) is 4.05. The molecule has 0 aliphatic heterocycles. The normalized spacial score (nSPS) is 12.4. The maximum atomic E-state index is 14.0. The Hall–Kier alpha value is -1.15. The molecule has 2 aromatic carbocycles. The number of hydrogen-bond donors (Lipinski definition) is 0. The molecule has 19 heavy (non-hydrogen) atoms. The molecule has 0 nitrogen and oxygen atoms in total. The Labute approximate surface area is 122 Å². The molecule has 2 rings (SSSR count). The summed E-state index contributed by atoms with van der Waals surface area (Å²) in [6.45, 7) is 4.07. The highest BCUT2D eigenvalue weighted by Crippen LogP contribution is 2.32. The summed E-state index contributed by atoms with van der Waals surface area (Å²) in [5.74, 6) is -0.153. The second-order valence-corrected chi connectivity index (χ2v) is 5.79. The minimum Gasteiger partial charge on any atom is -0.207 e. The zero-order valence-corrected chi connectivity index (χ0v) is 12.9. The van der Waals surface area contributed by atoms with Crippen molar-refractivity contribution in [3.63, 3.8) is 0 Å². The summed E-state index contributed by atoms with van der Waals surface area (Å²) >= 11 is 3.59. The van der Waals surface area contributed by atoms with Gasteiger partial charge in [0.15, 0.2) is 0 Å². The molecule has 0 amide bonds. The Morgan fingerprint density at radius 1 is 1.11 bits per heavy atom. The Bertz CT molecular complexity index is 546. The van der Waals surface area contributed by atoms with E-state index in [1.807, 2.05) is 19.1 Å².